The predicted molar refractivity (Wildman–Crippen MR) is 71.0 cm³/mol. The molecule has 3 nitrogen and oxygen atoms in total. The first kappa shape index (κ1) is 14.2. The van der Waals surface area contributed by atoms with Crippen molar-refractivity contribution < 1.29 is 8.42 Å². The monoisotopic (exact) mass is 255 g/mol. The third kappa shape index (κ3) is 4.13. The third-order valence-corrected chi connectivity index (χ3v) is 4.57. The van der Waals surface area contributed by atoms with E-state index in [4.69, 9.17) is 0 Å². The fourth-order valence-corrected chi connectivity index (χ4v) is 3.51. The molecule has 0 saturated heterocycles. The average Bonchev–Trinajstić information content (AvgIpc) is 2.28. The lowest BCUT2D eigenvalue weighted by Crippen LogP contribution is -2.35. The number of benzene rings is 1. The molecule has 1 aromatic carbocycles. The lowest BCUT2D eigenvalue weighted by Gasteiger charge is -2.16. The lowest BCUT2D eigenvalue weighted by molar-refractivity contribution is 0.533. The predicted octanol–water partition coefficient (Wildman–Crippen LogP) is 2.16. The van der Waals surface area contributed by atoms with E-state index < -0.39 is 9.84 Å². The van der Waals surface area contributed by atoms with E-state index in [-0.39, 0.29) is 11.8 Å². The Morgan fingerprint density at radius 2 is 2.00 bits per heavy atom. The second-order valence-electron chi connectivity index (χ2n) is 4.26. The molecule has 1 atom stereocenters. The van der Waals surface area contributed by atoms with E-state index in [0.29, 0.717) is 4.90 Å². The minimum atomic E-state index is -3.18. The van der Waals surface area contributed by atoms with Crippen LogP contribution in [0.15, 0.2) is 29.2 Å². The number of rotatable bonds is 6. The number of hydrogen-bond donors (Lipinski definition) is 1. The molecule has 0 fully saturated rings. The van der Waals surface area contributed by atoms with Crippen LogP contribution in [-0.2, 0) is 9.84 Å². The van der Waals surface area contributed by atoms with Gasteiger partial charge in [0.05, 0.1) is 10.6 Å². The van der Waals surface area contributed by atoms with Crippen molar-refractivity contribution >= 4 is 9.84 Å². The molecule has 1 aromatic rings. The Balaban J connectivity index is 2.88. The van der Waals surface area contributed by atoms with Crippen molar-refractivity contribution in [3.8, 4) is 0 Å². The van der Waals surface area contributed by atoms with Gasteiger partial charge < -0.3 is 5.32 Å². The normalized spacial score (nSPS) is 13.6. The maximum absolute atomic E-state index is 12.2. The van der Waals surface area contributed by atoms with Gasteiger partial charge in [0.25, 0.3) is 0 Å². The molecule has 1 rings (SSSR count). The van der Waals surface area contributed by atoms with Gasteiger partial charge in [-0.2, -0.15) is 0 Å². The quantitative estimate of drug-likeness (QED) is 0.847. The fourth-order valence-electron chi connectivity index (χ4n) is 1.78. The van der Waals surface area contributed by atoms with Crippen LogP contribution in [0.25, 0.3) is 0 Å². The number of sulfone groups is 1. The van der Waals surface area contributed by atoms with Crippen molar-refractivity contribution in [1.82, 2.24) is 5.32 Å². The van der Waals surface area contributed by atoms with Crippen LogP contribution in [0.3, 0.4) is 0 Å². The molecule has 0 radical (unpaired) electrons. The van der Waals surface area contributed by atoms with Crippen molar-refractivity contribution in [1.29, 1.82) is 0 Å². The Bertz CT molecular complexity index is 454. The SMILES string of the molecule is CCNC(CC)CS(=O)(=O)c1cccc(C)c1. The first-order valence-corrected chi connectivity index (χ1v) is 7.67. The molecule has 0 amide bonds. The summed E-state index contributed by atoms with van der Waals surface area (Å²) < 4.78 is 24.4. The second-order valence-corrected chi connectivity index (χ2v) is 6.30. The summed E-state index contributed by atoms with van der Waals surface area (Å²) in [5.74, 6) is 0.167. The van der Waals surface area contributed by atoms with Crippen LogP contribution < -0.4 is 5.32 Å². The van der Waals surface area contributed by atoms with Gasteiger partial charge in [-0.1, -0.05) is 26.0 Å². The summed E-state index contributed by atoms with van der Waals surface area (Å²) in [6, 6.07) is 7.12. The topological polar surface area (TPSA) is 46.2 Å². The maximum Gasteiger partial charge on any atom is 0.179 e. The van der Waals surface area contributed by atoms with E-state index in [1.165, 1.54) is 0 Å². The molecule has 4 heteroatoms. The van der Waals surface area contributed by atoms with Gasteiger partial charge in [-0.25, -0.2) is 8.42 Å². The molecule has 1 unspecified atom stereocenters. The van der Waals surface area contributed by atoms with Crippen LogP contribution in [0.5, 0.6) is 0 Å². The van der Waals surface area contributed by atoms with Gasteiger partial charge in [0, 0.05) is 6.04 Å². The molecule has 0 aliphatic carbocycles. The summed E-state index contributed by atoms with van der Waals surface area (Å²) in [7, 11) is -3.18. The molecule has 0 aliphatic rings. The Morgan fingerprint density at radius 1 is 1.29 bits per heavy atom. The zero-order valence-corrected chi connectivity index (χ0v) is 11.5. The molecule has 0 saturated carbocycles. The molecular formula is C13H21NO2S. The van der Waals surface area contributed by atoms with Gasteiger partial charge >= 0.3 is 0 Å². The van der Waals surface area contributed by atoms with Gasteiger partial charge in [-0.3, -0.25) is 0 Å². The minimum absolute atomic E-state index is 0.0329. The summed E-state index contributed by atoms with van der Waals surface area (Å²) >= 11 is 0. The van der Waals surface area contributed by atoms with Crippen LogP contribution in [0.4, 0.5) is 0 Å². The Hall–Kier alpha value is -0.870. The first-order chi connectivity index (χ1) is 7.99. The lowest BCUT2D eigenvalue weighted by atomic mass is 10.2. The van der Waals surface area contributed by atoms with E-state index in [1.54, 1.807) is 18.2 Å². The molecule has 0 heterocycles. The van der Waals surface area contributed by atoms with Crippen molar-refractivity contribution in [2.24, 2.45) is 0 Å². The van der Waals surface area contributed by atoms with Gasteiger partial charge in [0.2, 0.25) is 0 Å². The van der Waals surface area contributed by atoms with Crippen molar-refractivity contribution in [3.63, 3.8) is 0 Å². The number of nitrogens with one attached hydrogen (secondary N) is 1. The van der Waals surface area contributed by atoms with Gasteiger partial charge in [-0.15, -0.1) is 0 Å². The highest BCUT2D eigenvalue weighted by molar-refractivity contribution is 7.91. The molecular weight excluding hydrogens is 234 g/mol. The van der Waals surface area contributed by atoms with E-state index in [0.717, 1.165) is 18.5 Å². The largest absolute Gasteiger partial charge is 0.313 e. The molecule has 1 N–H and O–H groups in total. The van der Waals surface area contributed by atoms with E-state index in [9.17, 15) is 8.42 Å². The summed E-state index contributed by atoms with van der Waals surface area (Å²) in [6.45, 7) is 6.68. The summed E-state index contributed by atoms with van der Waals surface area (Å²) in [5, 5.41) is 3.19. The van der Waals surface area contributed by atoms with Crippen LogP contribution >= 0.6 is 0 Å². The van der Waals surface area contributed by atoms with Gasteiger partial charge in [0.1, 0.15) is 0 Å². The average molecular weight is 255 g/mol. The molecule has 0 aromatic heterocycles. The highest BCUT2D eigenvalue weighted by Gasteiger charge is 2.19. The Labute approximate surface area is 104 Å². The van der Waals surface area contributed by atoms with Gasteiger partial charge in [-0.05, 0) is 37.6 Å². The fraction of sp³-hybridized carbons (Fsp3) is 0.538. The van der Waals surface area contributed by atoms with Crippen molar-refractivity contribution in [3.05, 3.63) is 29.8 Å². The Kier molecular flexibility index (Phi) is 5.15. The molecule has 17 heavy (non-hydrogen) atoms. The smallest absolute Gasteiger partial charge is 0.179 e. The molecule has 96 valence electrons. The minimum Gasteiger partial charge on any atom is -0.313 e. The summed E-state index contributed by atoms with van der Waals surface area (Å²) in [5.41, 5.74) is 0.975. The maximum atomic E-state index is 12.2. The van der Waals surface area contributed by atoms with Crippen LogP contribution in [0.2, 0.25) is 0 Å². The molecule has 0 aliphatic heterocycles. The van der Waals surface area contributed by atoms with Crippen LogP contribution in [0.1, 0.15) is 25.8 Å². The highest BCUT2D eigenvalue weighted by atomic mass is 32.2. The summed E-state index contributed by atoms with van der Waals surface area (Å²) in [4.78, 5) is 0.425. The molecule has 0 spiro atoms. The Morgan fingerprint density at radius 3 is 2.53 bits per heavy atom. The van der Waals surface area contributed by atoms with Crippen molar-refractivity contribution in [2.75, 3.05) is 12.3 Å². The zero-order chi connectivity index (χ0) is 12.9. The zero-order valence-electron chi connectivity index (χ0n) is 10.7. The van der Waals surface area contributed by atoms with Crippen LogP contribution in [0, 0.1) is 6.92 Å². The molecule has 0 bridgehead atoms. The third-order valence-electron chi connectivity index (χ3n) is 2.75. The highest BCUT2D eigenvalue weighted by Crippen LogP contribution is 2.14. The van der Waals surface area contributed by atoms with Crippen LogP contribution in [-0.4, -0.2) is 26.8 Å². The van der Waals surface area contributed by atoms with E-state index >= 15 is 0 Å². The number of aryl methyl sites for hydroxylation is 1. The second kappa shape index (κ2) is 6.17. The first-order valence-electron chi connectivity index (χ1n) is 6.02. The standard InChI is InChI=1S/C13H21NO2S/c1-4-12(14-5-2)10-17(15,16)13-8-6-7-11(3)9-13/h6-9,12,14H,4-5,10H2,1-3H3. The van der Waals surface area contributed by atoms with Crippen molar-refractivity contribution in [2.45, 2.75) is 38.1 Å². The number of hydrogen-bond acceptors (Lipinski definition) is 3. The summed E-state index contributed by atoms with van der Waals surface area (Å²) in [6.07, 6.45) is 0.818. The van der Waals surface area contributed by atoms with Gasteiger partial charge in [0.15, 0.2) is 9.84 Å². The van der Waals surface area contributed by atoms with E-state index in [2.05, 4.69) is 5.32 Å². The van der Waals surface area contributed by atoms with E-state index in [1.807, 2.05) is 26.8 Å².